The van der Waals surface area contributed by atoms with Gasteiger partial charge < -0.3 is 5.73 Å². The molecule has 0 saturated heterocycles. The second-order valence-electron chi connectivity index (χ2n) is 6.43. The van der Waals surface area contributed by atoms with Crippen LogP contribution in [-0.4, -0.2) is 23.5 Å². The molecule has 1 aliphatic heterocycles. The quantitative estimate of drug-likeness (QED) is 0.757. The maximum Gasteiger partial charge on any atom is 0.0336 e. The van der Waals surface area contributed by atoms with E-state index in [2.05, 4.69) is 37.1 Å². The van der Waals surface area contributed by atoms with Crippen LogP contribution in [0.2, 0.25) is 0 Å². The Balaban J connectivity index is 2.04. The van der Waals surface area contributed by atoms with E-state index >= 15 is 0 Å². The molecule has 1 aromatic rings. The smallest absolute Gasteiger partial charge is 0.0336 e. The van der Waals surface area contributed by atoms with Crippen LogP contribution in [0.3, 0.4) is 0 Å². The largest absolute Gasteiger partial charge is 0.329 e. The second-order valence-corrected chi connectivity index (χ2v) is 7.43. The first-order chi connectivity index (χ1) is 9.62. The van der Waals surface area contributed by atoms with E-state index in [-0.39, 0.29) is 5.54 Å². The minimum absolute atomic E-state index is 0.160. The summed E-state index contributed by atoms with van der Waals surface area (Å²) >= 11 is 1.92. The van der Waals surface area contributed by atoms with E-state index in [0.717, 1.165) is 13.1 Å². The van der Waals surface area contributed by atoms with Gasteiger partial charge in [-0.25, -0.2) is 0 Å². The van der Waals surface area contributed by atoms with Gasteiger partial charge in [0.25, 0.3) is 0 Å². The molecule has 2 unspecified atom stereocenters. The fourth-order valence-corrected chi connectivity index (χ4v) is 4.51. The van der Waals surface area contributed by atoms with Crippen LogP contribution < -0.4 is 5.73 Å². The summed E-state index contributed by atoms with van der Waals surface area (Å²) in [5.41, 5.74) is 7.87. The van der Waals surface area contributed by atoms with Gasteiger partial charge >= 0.3 is 0 Å². The van der Waals surface area contributed by atoms with E-state index in [1.54, 1.807) is 4.88 Å². The average molecular weight is 295 g/mol. The molecule has 0 radical (unpaired) electrons. The standard InChI is InChI=1S/C17H30N2S/c1-4-5-6-7-10-17(3,13-18)19-11-8-16-15(14(19)2)9-12-20-16/h9,12,14H,4-8,10-11,13,18H2,1-3H3. The first-order valence-electron chi connectivity index (χ1n) is 8.15. The topological polar surface area (TPSA) is 29.3 Å². The Hall–Kier alpha value is -0.380. The highest BCUT2D eigenvalue weighted by molar-refractivity contribution is 7.10. The Bertz CT molecular complexity index is 415. The molecule has 0 fully saturated rings. The number of nitrogens with two attached hydrogens (primary N) is 1. The van der Waals surface area contributed by atoms with Crippen LogP contribution in [0.25, 0.3) is 0 Å². The Labute approximate surface area is 128 Å². The molecule has 114 valence electrons. The molecule has 2 N–H and O–H groups in total. The van der Waals surface area contributed by atoms with Gasteiger partial charge in [0.2, 0.25) is 0 Å². The molecular weight excluding hydrogens is 264 g/mol. The van der Waals surface area contributed by atoms with Gasteiger partial charge in [0, 0.05) is 29.5 Å². The maximum atomic E-state index is 6.17. The van der Waals surface area contributed by atoms with Crippen molar-refractivity contribution in [1.29, 1.82) is 0 Å². The first kappa shape index (κ1) is 16.0. The van der Waals surface area contributed by atoms with Crippen molar-refractivity contribution in [3.8, 4) is 0 Å². The Morgan fingerprint density at radius 2 is 2.20 bits per heavy atom. The van der Waals surface area contributed by atoms with Crippen LogP contribution in [0.1, 0.15) is 69.4 Å². The Kier molecular flexibility index (Phi) is 5.65. The van der Waals surface area contributed by atoms with E-state index in [0.29, 0.717) is 6.04 Å². The van der Waals surface area contributed by atoms with Crippen LogP contribution in [0.4, 0.5) is 0 Å². The number of nitrogens with zero attached hydrogens (tertiary/aromatic N) is 1. The van der Waals surface area contributed by atoms with Crippen molar-refractivity contribution in [3.63, 3.8) is 0 Å². The van der Waals surface area contributed by atoms with E-state index in [9.17, 15) is 0 Å². The molecule has 2 rings (SSSR count). The highest BCUT2D eigenvalue weighted by atomic mass is 32.1. The van der Waals surface area contributed by atoms with Gasteiger partial charge in [-0.05, 0) is 43.7 Å². The maximum absolute atomic E-state index is 6.17. The predicted octanol–water partition coefficient (Wildman–Crippen LogP) is 4.36. The molecule has 20 heavy (non-hydrogen) atoms. The predicted molar refractivity (Wildman–Crippen MR) is 89.4 cm³/mol. The molecule has 2 heterocycles. The summed E-state index contributed by atoms with van der Waals surface area (Å²) in [4.78, 5) is 4.24. The Morgan fingerprint density at radius 3 is 2.90 bits per heavy atom. The highest BCUT2D eigenvalue weighted by Gasteiger charge is 2.36. The summed E-state index contributed by atoms with van der Waals surface area (Å²) in [6.07, 6.45) is 7.73. The minimum Gasteiger partial charge on any atom is -0.329 e. The number of rotatable bonds is 7. The zero-order valence-electron chi connectivity index (χ0n) is 13.3. The second kappa shape index (κ2) is 7.06. The number of hydrogen-bond donors (Lipinski definition) is 1. The normalized spacial score (nSPS) is 22.5. The van der Waals surface area contributed by atoms with E-state index in [4.69, 9.17) is 5.73 Å². The molecule has 2 nitrogen and oxygen atoms in total. The van der Waals surface area contributed by atoms with Crippen LogP contribution >= 0.6 is 11.3 Å². The van der Waals surface area contributed by atoms with Gasteiger partial charge in [-0.3, -0.25) is 4.90 Å². The molecule has 1 aromatic heterocycles. The fourth-order valence-electron chi connectivity index (χ4n) is 3.54. The van der Waals surface area contributed by atoms with E-state index < -0.39 is 0 Å². The van der Waals surface area contributed by atoms with Crippen molar-refractivity contribution in [2.75, 3.05) is 13.1 Å². The lowest BCUT2D eigenvalue weighted by Crippen LogP contribution is -2.54. The third kappa shape index (κ3) is 3.26. The lowest BCUT2D eigenvalue weighted by atomic mass is 9.87. The Morgan fingerprint density at radius 1 is 1.40 bits per heavy atom. The van der Waals surface area contributed by atoms with Crippen molar-refractivity contribution < 1.29 is 0 Å². The first-order valence-corrected chi connectivity index (χ1v) is 9.03. The van der Waals surface area contributed by atoms with Crippen molar-refractivity contribution in [1.82, 2.24) is 4.90 Å². The number of fused-ring (bicyclic) bond motifs is 1. The molecule has 2 atom stereocenters. The van der Waals surface area contributed by atoms with Gasteiger partial charge in [-0.15, -0.1) is 11.3 Å². The average Bonchev–Trinajstić information content (AvgIpc) is 2.93. The van der Waals surface area contributed by atoms with Crippen molar-refractivity contribution in [2.45, 2.75) is 70.9 Å². The summed E-state index contributed by atoms with van der Waals surface area (Å²) in [6.45, 7) is 8.92. The van der Waals surface area contributed by atoms with Crippen LogP contribution in [-0.2, 0) is 6.42 Å². The van der Waals surface area contributed by atoms with Crippen LogP contribution in [0, 0.1) is 0 Å². The summed E-state index contributed by atoms with van der Waals surface area (Å²) in [7, 11) is 0. The van der Waals surface area contributed by atoms with Gasteiger partial charge in [-0.1, -0.05) is 32.6 Å². The molecule has 0 bridgehead atoms. The fraction of sp³-hybridized carbons (Fsp3) is 0.765. The molecule has 0 amide bonds. The van der Waals surface area contributed by atoms with Crippen molar-refractivity contribution in [3.05, 3.63) is 21.9 Å². The zero-order valence-corrected chi connectivity index (χ0v) is 14.1. The van der Waals surface area contributed by atoms with Crippen molar-refractivity contribution in [2.24, 2.45) is 5.73 Å². The molecule has 1 aliphatic rings. The van der Waals surface area contributed by atoms with Crippen LogP contribution in [0.5, 0.6) is 0 Å². The van der Waals surface area contributed by atoms with Gasteiger partial charge in [0.1, 0.15) is 0 Å². The molecular formula is C17H30N2S. The van der Waals surface area contributed by atoms with Gasteiger partial charge in [0.15, 0.2) is 0 Å². The van der Waals surface area contributed by atoms with Gasteiger partial charge in [-0.2, -0.15) is 0 Å². The number of unbranched alkanes of at least 4 members (excludes halogenated alkanes) is 3. The molecule has 0 aromatic carbocycles. The number of hydrogen-bond acceptors (Lipinski definition) is 3. The minimum atomic E-state index is 0.160. The third-order valence-corrected chi connectivity index (χ3v) is 5.98. The van der Waals surface area contributed by atoms with Crippen LogP contribution in [0.15, 0.2) is 11.4 Å². The summed E-state index contributed by atoms with van der Waals surface area (Å²) in [5, 5.41) is 2.24. The van der Waals surface area contributed by atoms with E-state index in [1.165, 1.54) is 44.1 Å². The van der Waals surface area contributed by atoms with Gasteiger partial charge in [0.05, 0.1) is 0 Å². The molecule has 0 saturated carbocycles. The molecule has 0 aliphatic carbocycles. The summed E-state index contributed by atoms with van der Waals surface area (Å²) in [6, 6.07) is 2.83. The SMILES string of the molecule is CCCCCCC(C)(CN)N1CCc2sccc2C1C. The number of thiophene rings is 1. The monoisotopic (exact) mass is 294 g/mol. The molecule has 3 heteroatoms. The zero-order chi connectivity index (χ0) is 14.6. The van der Waals surface area contributed by atoms with E-state index in [1.807, 2.05) is 11.3 Å². The molecule has 0 spiro atoms. The summed E-state index contributed by atoms with van der Waals surface area (Å²) < 4.78 is 0. The lowest BCUT2D eigenvalue weighted by Gasteiger charge is -2.47. The lowest BCUT2D eigenvalue weighted by molar-refractivity contribution is 0.0523. The van der Waals surface area contributed by atoms with Crippen molar-refractivity contribution >= 4 is 11.3 Å². The summed E-state index contributed by atoms with van der Waals surface area (Å²) in [5.74, 6) is 0. The third-order valence-electron chi connectivity index (χ3n) is 4.98. The highest BCUT2D eigenvalue weighted by Crippen LogP contribution is 2.38.